The second-order valence-electron chi connectivity index (χ2n) is 9.79. The summed E-state index contributed by atoms with van der Waals surface area (Å²) in [6.45, 7) is 7.40. The Hall–Kier alpha value is -3.41. The molecule has 0 aromatic heterocycles. The Balaban J connectivity index is 1.42. The van der Waals surface area contributed by atoms with E-state index in [9.17, 15) is 4.79 Å². The topological polar surface area (TPSA) is 54.0 Å². The molecule has 0 amide bonds. The van der Waals surface area contributed by atoms with E-state index in [1.807, 2.05) is 24.3 Å². The van der Waals surface area contributed by atoms with E-state index in [0.717, 1.165) is 30.6 Å². The van der Waals surface area contributed by atoms with E-state index in [1.165, 1.54) is 40.5 Å². The standard InChI is InChI=1S/C34H40O5/c1-5-8-25-9-13-27-14-15-28-21-24(6-2)12-18-30(28)33(31(27)22-25)39-20-19-38-29-16-10-26(11-17-29)23-32(36-4)34(35)37-7-3/h9-18,21-22,32-33H,5-8,19-20,23H2,1-4H3. The van der Waals surface area contributed by atoms with Gasteiger partial charge in [0, 0.05) is 13.5 Å². The minimum atomic E-state index is -0.615. The van der Waals surface area contributed by atoms with Gasteiger partial charge in [-0.15, -0.1) is 0 Å². The normalized spacial score (nSPS) is 14.7. The summed E-state index contributed by atoms with van der Waals surface area (Å²) in [6, 6.07) is 21.2. The first-order chi connectivity index (χ1) is 19.1. The molecule has 0 N–H and O–H groups in total. The van der Waals surface area contributed by atoms with Crippen molar-refractivity contribution in [3.63, 3.8) is 0 Å². The molecule has 5 heteroatoms. The monoisotopic (exact) mass is 528 g/mol. The van der Waals surface area contributed by atoms with Gasteiger partial charge in [-0.1, -0.05) is 81.0 Å². The van der Waals surface area contributed by atoms with Crippen LogP contribution in [0.5, 0.6) is 5.75 Å². The highest BCUT2D eigenvalue weighted by Crippen LogP contribution is 2.36. The number of methoxy groups -OCH3 is 1. The maximum Gasteiger partial charge on any atom is 0.335 e. The number of rotatable bonds is 13. The average Bonchev–Trinajstić information content (AvgIpc) is 3.11. The van der Waals surface area contributed by atoms with Gasteiger partial charge in [-0.2, -0.15) is 0 Å². The highest BCUT2D eigenvalue weighted by molar-refractivity contribution is 5.77. The molecule has 0 fully saturated rings. The van der Waals surface area contributed by atoms with Gasteiger partial charge >= 0.3 is 5.97 Å². The molecule has 3 aromatic rings. The molecule has 3 aromatic carbocycles. The van der Waals surface area contributed by atoms with Gasteiger partial charge in [0.15, 0.2) is 6.10 Å². The van der Waals surface area contributed by atoms with E-state index in [-0.39, 0.29) is 12.1 Å². The fourth-order valence-corrected chi connectivity index (χ4v) is 4.96. The van der Waals surface area contributed by atoms with Crippen LogP contribution in [0, 0.1) is 0 Å². The first-order valence-corrected chi connectivity index (χ1v) is 14.0. The summed E-state index contributed by atoms with van der Waals surface area (Å²) < 4.78 is 22.9. The molecule has 0 heterocycles. The predicted octanol–water partition coefficient (Wildman–Crippen LogP) is 6.99. The van der Waals surface area contributed by atoms with Gasteiger partial charge in [-0.05, 0) is 70.8 Å². The van der Waals surface area contributed by atoms with E-state index < -0.39 is 6.10 Å². The van der Waals surface area contributed by atoms with Crippen molar-refractivity contribution < 1.29 is 23.7 Å². The number of hydrogen-bond acceptors (Lipinski definition) is 5. The quantitative estimate of drug-likeness (QED) is 0.177. The third kappa shape index (κ3) is 7.37. The summed E-state index contributed by atoms with van der Waals surface area (Å²) in [7, 11) is 1.52. The number of ether oxygens (including phenoxy) is 4. The number of fused-ring (bicyclic) bond motifs is 2. The molecule has 1 aliphatic rings. The van der Waals surface area contributed by atoms with Crippen molar-refractivity contribution in [3.05, 3.63) is 99.6 Å². The van der Waals surface area contributed by atoms with Crippen LogP contribution < -0.4 is 4.74 Å². The largest absolute Gasteiger partial charge is 0.491 e. The number of esters is 1. The Morgan fingerprint density at radius 3 is 2.28 bits per heavy atom. The Kier molecular flexibility index (Phi) is 10.3. The van der Waals surface area contributed by atoms with Crippen molar-refractivity contribution in [1.82, 2.24) is 0 Å². The minimum Gasteiger partial charge on any atom is -0.491 e. The van der Waals surface area contributed by atoms with Crippen LogP contribution in [0.3, 0.4) is 0 Å². The van der Waals surface area contributed by atoms with Crippen LogP contribution in [0.25, 0.3) is 12.2 Å². The summed E-state index contributed by atoms with van der Waals surface area (Å²) >= 11 is 0. The van der Waals surface area contributed by atoms with E-state index in [4.69, 9.17) is 18.9 Å². The molecule has 2 unspecified atom stereocenters. The van der Waals surface area contributed by atoms with E-state index in [1.54, 1.807) is 6.92 Å². The summed E-state index contributed by atoms with van der Waals surface area (Å²) in [6.07, 6.45) is 7.26. The first-order valence-electron chi connectivity index (χ1n) is 14.0. The highest BCUT2D eigenvalue weighted by Gasteiger charge is 2.23. The molecule has 1 aliphatic carbocycles. The van der Waals surface area contributed by atoms with Gasteiger partial charge in [0.1, 0.15) is 18.5 Å². The number of benzene rings is 3. The third-order valence-corrected chi connectivity index (χ3v) is 7.07. The van der Waals surface area contributed by atoms with Crippen LogP contribution in [0.1, 0.15) is 72.2 Å². The molecule has 39 heavy (non-hydrogen) atoms. The Labute approximate surface area is 232 Å². The fraction of sp³-hybridized carbons (Fsp3) is 0.382. The SMILES string of the molecule is CCCc1ccc2c(c1)C(OCCOc1ccc(CC(OC)C(=O)OCC)cc1)c1ccc(CC)cc1C=C2. The van der Waals surface area contributed by atoms with E-state index in [0.29, 0.717) is 26.2 Å². The van der Waals surface area contributed by atoms with Crippen LogP contribution in [-0.4, -0.2) is 39.0 Å². The molecule has 2 atom stereocenters. The minimum absolute atomic E-state index is 0.160. The van der Waals surface area contributed by atoms with Gasteiger partial charge in [-0.25, -0.2) is 4.79 Å². The number of hydrogen-bond donors (Lipinski definition) is 0. The average molecular weight is 529 g/mol. The second kappa shape index (κ2) is 14.1. The van der Waals surface area contributed by atoms with Crippen molar-refractivity contribution in [2.45, 2.75) is 58.7 Å². The Bertz CT molecular complexity index is 1260. The van der Waals surface area contributed by atoms with Crippen LogP contribution in [0.15, 0.2) is 60.7 Å². The molecular weight excluding hydrogens is 488 g/mol. The van der Waals surface area contributed by atoms with Crippen LogP contribution in [0.2, 0.25) is 0 Å². The fourth-order valence-electron chi connectivity index (χ4n) is 4.96. The molecule has 206 valence electrons. The van der Waals surface area contributed by atoms with Gasteiger partial charge < -0.3 is 18.9 Å². The number of carbonyl (C=O) groups is 1. The van der Waals surface area contributed by atoms with Gasteiger partial charge in [0.05, 0.1) is 13.2 Å². The molecular formula is C34H40O5. The lowest BCUT2D eigenvalue weighted by atomic mass is 9.93. The number of carbonyl (C=O) groups excluding carboxylic acids is 1. The van der Waals surface area contributed by atoms with Gasteiger partial charge in [-0.3, -0.25) is 0 Å². The molecule has 0 aliphatic heterocycles. The Morgan fingerprint density at radius 1 is 0.821 bits per heavy atom. The van der Waals surface area contributed by atoms with E-state index in [2.05, 4.69) is 62.4 Å². The maximum absolute atomic E-state index is 12.0. The Morgan fingerprint density at radius 2 is 1.56 bits per heavy atom. The summed E-state index contributed by atoms with van der Waals surface area (Å²) in [5, 5.41) is 0. The van der Waals surface area contributed by atoms with Crippen molar-refractivity contribution >= 4 is 18.1 Å². The summed E-state index contributed by atoms with van der Waals surface area (Å²) in [5.41, 5.74) is 8.44. The smallest absolute Gasteiger partial charge is 0.335 e. The van der Waals surface area contributed by atoms with Crippen LogP contribution in [0.4, 0.5) is 0 Å². The predicted molar refractivity (Wildman–Crippen MR) is 156 cm³/mol. The van der Waals surface area contributed by atoms with Crippen LogP contribution >= 0.6 is 0 Å². The zero-order valence-corrected chi connectivity index (χ0v) is 23.6. The van der Waals surface area contributed by atoms with Crippen molar-refractivity contribution in [2.24, 2.45) is 0 Å². The highest BCUT2D eigenvalue weighted by atomic mass is 16.6. The summed E-state index contributed by atoms with van der Waals surface area (Å²) in [5.74, 6) is 0.413. The molecule has 0 radical (unpaired) electrons. The zero-order chi connectivity index (χ0) is 27.6. The molecule has 0 spiro atoms. The van der Waals surface area contributed by atoms with E-state index >= 15 is 0 Å². The first kappa shape index (κ1) is 28.6. The lowest BCUT2D eigenvalue weighted by molar-refractivity contribution is -0.154. The second-order valence-corrected chi connectivity index (χ2v) is 9.79. The van der Waals surface area contributed by atoms with Gasteiger partial charge in [0.25, 0.3) is 0 Å². The molecule has 0 saturated heterocycles. The third-order valence-electron chi connectivity index (χ3n) is 7.07. The van der Waals surface area contributed by atoms with Crippen molar-refractivity contribution in [1.29, 1.82) is 0 Å². The van der Waals surface area contributed by atoms with Crippen molar-refractivity contribution in [3.8, 4) is 5.75 Å². The lowest BCUT2D eigenvalue weighted by Gasteiger charge is -2.22. The molecule has 4 rings (SSSR count). The molecule has 5 nitrogen and oxygen atoms in total. The van der Waals surface area contributed by atoms with Crippen molar-refractivity contribution in [2.75, 3.05) is 26.9 Å². The number of aryl methyl sites for hydroxylation is 2. The lowest BCUT2D eigenvalue weighted by Crippen LogP contribution is -2.27. The molecule has 0 bridgehead atoms. The molecule has 0 saturated carbocycles. The summed E-state index contributed by atoms with van der Waals surface area (Å²) in [4.78, 5) is 12.0. The van der Waals surface area contributed by atoms with Crippen LogP contribution in [-0.2, 0) is 38.3 Å². The van der Waals surface area contributed by atoms with Gasteiger partial charge in [0.2, 0.25) is 0 Å². The maximum atomic E-state index is 12.0. The zero-order valence-electron chi connectivity index (χ0n) is 23.6.